The van der Waals surface area contributed by atoms with Crippen LogP contribution in [0.2, 0.25) is 0 Å². The minimum Gasteiger partial charge on any atom is -0.457 e. The van der Waals surface area contributed by atoms with E-state index in [0.29, 0.717) is 11.3 Å². The third kappa shape index (κ3) is 3.94. The number of esters is 1. The first-order chi connectivity index (χ1) is 10.9. The molecule has 1 N–H and O–H groups in total. The molecule has 1 atom stereocenters. The van der Waals surface area contributed by atoms with Gasteiger partial charge in [-0.25, -0.2) is 4.79 Å². The number of amides is 1. The number of non-ortho nitro benzene ring substituents is 1. The third-order valence-electron chi connectivity index (χ3n) is 3.05. The molecule has 0 aliphatic heterocycles. The molecular weight excluding hydrogens is 304 g/mol. The highest BCUT2D eigenvalue weighted by molar-refractivity contribution is 5.97. The second-order valence-corrected chi connectivity index (χ2v) is 4.77. The Morgan fingerprint density at radius 2 is 1.91 bits per heavy atom. The van der Waals surface area contributed by atoms with Crippen LogP contribution in [0.5, 0.6) is 0 Å². The minimum atomic E-state index is -1.05. The van der Waals surface area contributed by atoms with Gasteiger partial charge in [-0.05, 0) is 32.0 Å². The monoisotopic (exact) mass is 318 g/mol. The lowest BCUT2D eigenvalue weighted by Gasteiger charge is -2.12. The highest BCUT2D eigenvalue weighted by Crippen LogP contribution is 2.16. The maximum atomic E-state index is 12.0. The van der Waals surface area contributed by atoms with Crippen molar-refractivity contribution in [3.8, 4) is 0 Å². The summed E-state index contributed by atoms with van der Waals surface area (Å²) in [5.74, 6) is -1.25. The van der Waals surface area contributed by atoms with Gasteiger partial charge in [0.25, 0.3) is 11.6 Å². The van der Waals surface area contributed by atoms with Crippen molar-refractivity contribution in [1.29, 1.82) is 0 Å². The Balaban J connectivity index is 1.96. The molecule has 23 heavy (non-hydrogen) atoms. The summed E-state index contributed by atoms with van der Waals surface area (Å²) in [5.41, 5.74) is 0.881. The van der Waals surface area contributed by atoms with Gasteiger partial charge in [-0.15, -0.1) is 0 Å². The van der Waals surface area contributed by atoms with Crippen molar-refractivity contribution in [3.05, 3.63) is 58.0 Å². The number of benzene rings is 1. The Hall–Kier alpha value is -3.16. The van der Waals surface area contributed by atoms with Crippen LogP contribution < -0.4 is 5.32 Å². The van der Waals surface area contributed by atoms with E-state index in [0.717, 1.165) is 0 Å². The maximum Gasteiger partial charge on any atom is 0.375 e. The SMILES string of the molecule is Cc1ccoc1C(=O)OC(C)C(=O)Nc1ccc([N+](=O)[O-])cc1. The molecule has 0 fully saturated rings. The molecule has 0 spiro atoms. The fourth-order valence-electron chi connectivity index (χ4n) is 1.76. The molecule has 0 bridgehead atoms. The summed E-state index contributed by atoms with van der Waals surface area (Å²) >= 11 is 0. The van der Waals surface area contributed by atoms with Crippen molar-refractivity contribution in [1.82, 2.24) is 0 Å². The molecule has 0 saturated carbocycles. The Morgan fingerprint density at radius 3 is 2.43 bits per heavy atom. The second kappa shape index (κ2) is 6.73. The molecule has 1 amide bonds. The van der Waals surface area contributed by atoms with Crippen LogP contribution in [0.3, 0.4) is 0 Å². The van der Waals surface area contributed by atoms with Crippen molar-refractivity contribution in [3.63, 3.8) is 0 Å². The number of anilines is 1. The summed E-state index contributed by atoms with van der Waals surface area (Å²) in [4.78, 5) is 33.8. The smallest absolute Gasteiger partial charge is 0.375 e. The molecule has 2 aromatic rings. The standard InChI is InChI=1S/C15H14N2O6/c1-9-7-8-22-13(9)15(19)23-10(2)14(18)16-11-3-5-12(6-4-11)17(20)21/h3-8,10H,1-2H3,(H,16,18). The van der Waals surface area contributed by atoms with Crippen LogP contribution in [-0.4, -0.2) is 22.9 Å². The van der Waals surface area contributed by atoms with E-state index in [1.807, 2.05) is 0 Å². The normalized spacial score (nSPS) is 11.6. The number of carbonyl (C=O) groups is 2. The second-order valence-electron chi connectivity index (χ2n) is 4.77. The van der Waals surface area contributed by atoms with E-state index >= 15 is 0 Å². The Morgan fingerprint density at radius 1 is 1.26 bits per heavy atom. The summed E-state index contributed by atoms with van der Waals surface area (Å²) < 4.78 is 10.0. The van der Waals surface area contributed by atoms with Gasteiger partial charge in [-0.2, -0.15) is 0 Å². The van der Waals surface area contributed by atoms with E-state index in [4.69, 9.17) is 9.15 Å². The first-order valence-electron chi connectivity index (χ1n) is 6.69. The quantitative estimate of drug-likeness (QED) is 0.515. The lowest BCUT2D eigenvalue weighted by atomic mass is 10.2. The summed E-state index contributed by atoms with van der Waals surface area (Å²) in [5, 5.41) is 13.1. The minimum absolute atomic E-state index is 0.0417. The van der Waals surface area contributed by atoms with Crippen molar-refractivity contribution in [2.24, 2.45) is 0 Å². The van der Waals surface area contributed by atoms with Gasteiger partial charge in [0, 0.05) is 23.4 Å². The van der Waals surface area contributed by atoms with Crippen LogP contribution in [0, 0.1) is 17.0 Å². The number of rotatable bonds is 5. The fraction of sp³-hybridized carbons (Fsp3) is 0.200. The van der Waals surface area contributed by atoms with Crippen LogP contribution in [0.1, 0.15) is 23.0 Å². The van der Waals surface area contributed by atoms with Gasteiger partial charge in [0.1, 0.15) is 0 Å². The number of nitro benzene ring substituents is 1. The number of ether oxygens (including phenoxy) is 1. The number of furan rings is 1. The van der Waals surface area contributed by atoms with E-state index < -0.39 is 22.9 Å². The molecule has 1 aromatic carbocycles. The van der Waals surface area contributed by atoms with Crippen LogP contribution in [0.15, 0.2) is 41.0 Å². The zero-order valence-electron chi connectivity index (χ0n) is 12.4. The van der Waals surface area contributed by atoms with E-state index in [2.05, 4.69) is 5.32 Å². The van der Waals surface area contributed by atoms with Crippen molar-refractivity contribution >= 4 is 23.3 Å². The molecule has 120 valence electrons. The average molecular weight is 318 g/mol. The zero-order valence-corrected chi connectivity index (χ0v) is 12.4. The Kier molecular flexibility index (Phi) is 4.75. The average Bonchev–Trinajstić information content (AvgIpc) is 2.93. The van der Waals surface area contributed by atoms with Gasteiger partial charge in [0.2, 0.25) is 5.76 Å². The predicted molar refractivity (Wildman–Crippen MR) is 80.0 cm³/mol. The van der Waals surface area contributed by atoms with E-state index in [-0.39, 0.29) is 11.4 Å². The molecule has 1 unspecified atom stereocenters. The van der Waals surface area contributed by atoms with Gasteiger partial charge in [-0.1, -0.05) is 0 Å². The molecule has 8 nitrogen and oxygen atoms in total. The number of nitrogens with zero attached hydrogens (tertiary/aromatic N) is 1. The maximum absolute atomic E-state index is 12.0. The molecule has 1 heterocycles. The first kappa shape index (κ1) is 16.2. The van der Waals surface area contributed by atoms with E-state index in [1.165, 1.54) is 37.5 Å². The van der Waals surface area contributed by atoms with Crippen molar-refractivity contribution in [2.45, 2.75) is 20.0 Å². The largest absolute Gasteiger partial charge is 0.457 e. The molecule has 0 aliphatic carbocycles. The molecule has 8 heteroatoms. The molecule has 0 aliphatic rings. The van der Waals surface area contributed by atoms with Crippen LogP contribution in [0.25, 0.3) is 0 Å². The third-order valence-corrected chi connectivity index (χ3v) is 3.05. The predicted octanol–water partition coefficient (Wildman–Crippen LogP) is 2.68. The Bertz CT molecular complexity index is 735. The lowest BCUT2D eigenvalue weighted by molar-refractivity contribution is -0.384. The zero-order chi connectivity index (χ0) is 17.0. The number of aryl methyl sites for hydroxylation is 1. The van der Waals surface area contributed by atoms with Crippen LogP contribution in [-0.2, 0) is 9.53 Å². The number of nitro groups is 1. The first-order valence-corrected chi connectivity index (χ1v) is 6.69. The number of carbonyl (C=O) groups excluding carboxylic acids is 2. The topological polar surface area (TPSA) is 112 Å². The van der Waals surface area contributed by atoms with Crippen LogP contribution >= 0.6 is 0 Å². The molecule has 0 saturated heterocycles. The molecule has 2 rings (SSSR count). The van der Waals surface area contributed by atoms with E-state index in [1.54, 1.807) is 13.0 Å². The highest BCUT2D eigenvalue weighted by Gasteiger charge is 2.22. The van der Waals surface area contributed by atoms with Gasteiger partial charge in [-0.3, -0.25) is 14.9 Å². The summed E-state index contributed by atoms with van der Waals surface area (Å²) in [6.45, 7) is 3.10. The van der Waals surface area contributed by atoms with Gasteiger partial charge in [0.15, 0.2) is 6.10 Å². The van der Waals surface area contributed by atoms with E-state index in [9.17, 15) is 19.7 Å². The number of hydrogen-bond donors (Lipinski definition) is 1. The van der Waals surface area contributed by atoms with Gasteiger partial charge >= 0.3 is 5.97 Å². The summed E-state index contributed by atoms with van der Waals surface area (Å²) in [7, 11) is 0. The van der Waals surface area contributed by atoms with Gasteiger partial charge < -0.3 is 14.5 Å². The van der Waals surface area contributed by atoms with Crippen molar-refractivity contribution in [2.75, 3.05) is 5.32 Å². The molecule has 1 aromatic heterocycles. The van der Waals surface area contributed by atoms with Gasteiger partial charge in [0.05, 0.1) is 11.2 Å². The molecular formula is C15H14N2O6. The number of nitrogens with one attached hydrogen (secondary N) is 1. The fourth-order valence-corrected chi connectivity index (χ4v) is 1.76. The lowest BCUT2D eigenvalue weighted by Crippen LogP contribution is -2.30. The highest BCUT2D eigenvalue weighted by atomic mass is 16.6. The summed E-state index contributed by atoms with van der Waals surface area (Å²) in [6.07, 6.45) is 0.301. The number of hydrogen-bond acceptors (Lipinski definition) is 6. The summed E-state index contributed by atoms with van der Waals surface area (Å²) in [6, 6.07) is 6.91. The van der Waals surface area contributed by atoms with Crippen molar-refractivity contribution < 1.29 is 23.7 Å². The Labute approximate surface area is 131 Å². The molecule has 0 radical (unpaired) electrons. The van der Waals surface area contributed by atoms with Crippen LogP contribution in [0.4, 0.5) is 11.4 Å².